The number of benzene rings is 1. The van der Waals surface area contributed by atoms with Crippen LogP contribution in [0.2, 0.25) is 0 Å². The number of rotatable bonds is 3. The molecule has 0 radical (unpaired) electrons. The molecule has 0 aliphatic carbocycles. The zero-order valence-electron chi connectivity index (χ0n) is 10.8. The van der Waals surface area contributed by atoms with Crippen LogP contribution in [-0.2, 0) is 7.05 Å². The number of furan rings is 1. The number of alkyl halides is 1. The third-order valence-electron chi connectivity index (χ3n) is 3.15. The maximum atomic E-state index is 11.4. The molecule has 3 rings (SSSR count). The standard InChI is InChI=1S/C13H9ClN2O5/c1-15-8-3-2-7(6-10(8)21-13(15)17)12(14)9-4-5-11(20-9)16(18)19/h2-6,12H,1H3. The van der Waals surface area contributed by atoms with Gasteiger partial charge >= 0.3 is 11.6 Å². The first-order valence-electron chi connectivity index (χ1n) is 5.95. The zero-order valence-corrected chi connectivity index (χ0v) is 11.5. The molecule has 0 aliphatic rings. The fourth-order valence-electron chi connectivity index (χ4n) is 2.05. The fourth-order valence-corrected chi connectivity index (χ4v) is 2.30. The highest BCUT2D eigenvalue weighted by molar-refractivity contribution is 6.22. The van der Waals surface area contributed by atoms with Crippen LogP contribution >= 0.6 is 11.6 Å². The van der Waals surface area contributed by atoms with Gasteiger partial charge in [0.25, 0.3) is 0 Å². The number of oxazole rings is 1. The van der Waals surface area contributed by atoms with Crippen LogP contribution in [0.1, 0.15) is 16.7 Å². The van der Waals surface area contributed by atoms with Crippen LogP contribution in [0.15, 0.2) is 44.0 Å². The Morgan fingerprint density at radius 3 is 2.71 bits per heavy atom. The minimum absolute atomic E-state index is 0.251. The fraction of sp³-hybridized carbons (Fsp3) is 0.154. The lowest BCUT2D eigenvalue weighted by Gasteiger charge is -2.06. The van der Waals surface area contributed by atoms with Crippen molar-refractivity contribution in [3.05, 3.63) is 62.3 Å². The molecule has 0 saturated heterocycles. The molecule has 0 amide bonds. The van der Waals surface area contributed by atoms with Crippen LogP contribution in [0, 0.1) is 10.1 Å². The largest absolute Gasteiger partial charge is 0.433 e. The maximum absolute atomic E-state index is 11.4. The van der Waals surface area contributed by atoms with Crippen LogP contribution in [0.5, 0.6) is 0 Å². The van der Waals surface area contributed by atoms with Gasteiger partial charge in [0.05, 0.1) is 11.6 Å². The van der Waals surface area contributed by atoms with Crippen molar-refractivity contribution in [1.29, 1.82) is 0 Å². The molecule has 108 valence electrons. The summed E-state index contributed by atoms with van der Waals surface area (Å²) in [5, 5.41) is 9.89. The summed E-state index contributed by atoms with van der Waals surface area (Å²) in [7, 11) is 1.60. The topological polar surface area (TPSA) is 91.4 Å². The number of hydrogen-bond donors (Lipinski definition) is 0. The van der Waals surface area contributed by atoms with Crippen molar-refractivity contribution >= 4 is 28.6 Å². The van der Waals surface area contributed by atoms with E-state index in [9.17, 15) is 14.9 Å². The Kier molecular flexibility index (Phi) is 3.06. The van der Waals surface area contributed by atoms with E-state index in [1.807, 2.05) is 0 Å². The SMILES string of the molecule is Cn1c(=O)oc2cc(C(Cl)c3ccc([N+](=O)[O-])o3)ccc21. The van der Waals surface area contributed by atoms with Gasteiger partial charge in [0, 0.05) is 7.05 Å². The van der Waals surface area contributed by atoms with Crippen molar-refractivity contribution in [3.63, 3.8) is 0 Å². The van der Waals surface area contributed by atoms with Crippen LogP contribution in [0.4, 0.5) is 5.88 Å². The van der Waals surface area contributed by atoms with Gasteiger partial charge in [-0.1, -0.05) is 6.07 Å². The molecule has 8 heteroatoms. The molecule has 21 heavy (non-hydrogen) atoms. The molecule has 0 bridgehead atoms. The maximum Gasteiger partial charge on any atom is 0.433 e. The summed E-state index contributed by atoms with van der Waals surface area (Å²) in [6.07, 6.45) is 0. The molecule has 0 N–H and O–H groups in total. The van der Waals surface area contributed by atoms with E-state index in [0.29, 0.717) is 16.7 Å². The minimum Gasteiger partial charge on any atom is -0.408 e. The number of hydrogen-bond acceptors (Lipinski definition) is 5. The molecule has 2 aromatic heterocycles. The highest BCUT2D eigenvalue weighted by atomic mass is 35.5. The molecule has 0 fully saturated rings. The summed E-state index contributed by atoms with van der Waals surface area (Å²) in [5.41, 5.74) is 1.65. The molecule has 2 heterocycles. The van der Waals surface area contributed by atoms with Crippen LogP contribution in [0.25, 0.3) is 11.1 Å². The first-order valence-corrected chi connectivity index (χ1v) is 6.38. The lowest BCUT2D eigenvalue weighted by atomic mass is 10.1. The summed E-state index contributed by atoms with van der Waals surface area (Å²) in [5.74, 6) is -0.592. The Morgan fingerprint density at radius 2 is 2.05 bits per heavy atom. The number of aromatic nitrogens is 1. The summed E-state index contributed by atoms with van der Waals surface area (Å²) < 4.78 is 11.5. The Balaban J connectivity index is 2.02. The van der Waals surface area contributed by atoms with Gasteiger partial charge in [0.15, 0.2) is 5.58 Å². The molecular weight excluding hydrogens is 300 g/mol. The van der Waals surface area contributed by atoms with Crippen LogP contribution in [-0.4, -0.2) is 9.49 Å². The van der Waals surface area contributed by atoms with Crippen molar-refractivity contribution in [1.82, 2.24) is 4.57 Å². The van der Waals surface area contributed by atoms with E-state index in [4.69, 9.17) is 20.4 Å². The quantitative estimate of drug-likeness (QED) is 0.421. The second-order valence-corrected chi connectivity index (χ2v) is 4.89. The average molecular weight is 309 g/mol. The van der Waals surface area contributed by atoms with Crippen LogP contribution < -0.4 is 5.76 Å². The van der Waals surface area contributed by atoms with E-state index in [1.54, 1.807) is 25.2 Å². The average Bonchev–Trinajstić information content (AvgIpc) is 3.04. The van der Waals surface area contributed by atoms with Gasteiger partial charge in [0.2, 0.25) is 0 Å². The van der Waals surface area contributed by atoms with Gasteiger partial charge in [-0.25, -0.2) is 4.79 Å². The number of halogens is 1. The van der Waals surface area contributed by atoms with E-state index in [-0.39, 0.29) is 11.6 Å². The third kappa shape index (κ3) is 2.21. The number of aryl methyl sites for hydroxylation is 1. The predicted molar refractivity (Wildman–Crippen MR) is 74.5 cm³/mol. The Bertz CT molecular complexity index is 891. The zero-order chi connectivity index (χ0) is 15.1. The van der Waals surface area contributed by atoms with Crippen LogP contribution in [0.3, 0.4) is 0 Å². The van der Waals surface area contributed by atoms with Gasteiger partial charge in [-0.05, 0) is 23.8 Å². The Hall–Kier alpha value is -2.54. The number of fused-ring (bicyclic) bond motifs is 1. The molecule has 1 unspecified atom stereocenters. The van der Waals surface area contributed by atoms with Crippen molar-refractivity contribution in [2.24, 2.45) is 7.05 Å². The Morgan fingerprint density at radius 1 is 1.29 bits per heavy atom. The van der Waals surface area contributed by atoms with Gasteiger partial charge in [-0.2, -0.15) is 0 Å². The molecule has 0 saturated carbocycles. The first kappa shape index (κ1) is 13.4. The smallest absolute Gasteiger partial charge is 0.408 e. The first-order chi connectivity index (χ1) is 9.97. The molecule has 0 spiro atoms. The number of nitrogens with zero attached hydrogens (tertiary/aromatic N) is 2. The molecule has 0 aliphatic heterocycles. The van der Waals surface area contributed by atoms with Gasteiger partial charge in [-0.3, -0.25) is 14.7 Å². The summed E-state index contributed by atoms with van der Waals surface area (Å²) in [6.45, 7) is 0. The van der Waals surface area contributed by atoms with Gasteiger partial charge < -0.3 is 8.83 Å². The van der Waals surface area contributed by atoms with E-state index in [0.717, 1.165) is 0 Å². The van der Waals surface area contributed by atoms with Crippen molar-refractivity contribution in [2.75, 3.05) is 0 Å². The van der Waals surface area contributed by atoms with E-state index in [1.165, 1.54) is 16.7 Å². The monoisotopic (exact) mass is 308 g/mol. The van der Waals surface area contributed by atoms with Gasteiger partial charge in [0.1, 0.15) is 16.1 Å². The van der Waals surface area contributed by atoms with Crippen molar-refractivity contribution < 1.29 is 13.8 Å². The summed E-state index contributed by atoms with van der Waals surface area (Å²) >= 11 is 6.25. The van der Waals surface area contributed by atoms with Crippen molar-refractivity contribution in [2.45, 2.75) is 5.38 Å². The second-order valence-electron chi connectivity index (χ2n) is 4.45. The highest BCUT2D eigenvalue weighted by Gasteiger charge is 2.20. The normalized spacial score (nSPS) is 12.7. The third-order valence-corrected chi connectivity index (χ3v) is 3.62. The lowest BCUT2D eigenvalue weighted by molar-refractivity contribution is -0.402. The van der Waals surface area contributed by atoms with E-state index >= 15 is 0 Å². The predicted octanol–water partition coefficient (Wildman–Crippen LogP) is 2.96. The number of nitro groups is 1. The van der Waals surface area contributed by atoms with E-state index in [2.05, 4.69) is 0 Å². The van der Waals surface area contributed by atoms with E-state index < -0.39 is 16.1 Å². The molecule has 7 nitrogen and oxygen atoms in total. The van der Waals surface area contributed by atoms with Crippen molar-refractivity contribution in [3.8, 4) is 0 Å². The second kappa shape index (κ2) is 4.78. The highest BCUT2D eigenvalue weighted by Crippen LogP contribution is 2.33. The lowest BCUT2D eigenvalue weighted by Crippen LogP contribution is -2.08. The molecule has 1 aromatic carbocycles. The summed E-state index contributed by atoms with van der Waals surface area (Å²) in [4.78, 5) is 21.4. The minimum atomic E-state index is -0.714. The molecule has 1 atom stereocenters. The van der Waals surface area contributed by atoms with Gasteiger partial charge in [-0.15, -0.1) is 11.6 Å². The Labute approximate surface area is 122 Å². The molecule has 3 aromatic rings. The summed E-state index contributed by atoms with van der Waals surface area (Å²) in [6, 6.07) is 7.71. The molecular formula is C13H9ClN2O5.